The highest BCUT2D eigenvalue weighted by atomic mass is 16.5. The number of aryl methyl sites for hydroxylation is 3. The lowest BCUT2D eigenvalue weighted by molar-refractivity contribution is -0.119. The van der Waals surface area contributed by atoms with Gasteiger partial charge in [0.1, 0.15) is 0 Å². The molecule has 0 amide bonds. The van der Waals surface area contributed by atoms with Gasteiger partial charge < -0.3 is 15.5 Å². The molecular weight excluding hydrogens is 222 g/mol. The minimum Gasteiger partial charge on any atom is -0.349 e. The third-order valence-electron chi connectivity index (χ3n) is 2.47. The summed E-state index contributed by atoms with van der Waals surface area (Å²) in [6, 6.07) is 0. The molecule has 0 fully saturated rings. The molecular formula is C10H15N5O2. The second-order valence-corrected chi connectivity index (χ2v) is 4.18. The van der Waals surface area contributed by atoms with Gasteiger partial charge in [-0.1, -0.05) is 0 Å². The third kappa shape index (κ3) is 2.20. The highest BCUT2D eigenvalue weighted by Crippen LogP contribution is 2.17. The Labute approximate surface area is 98.2 Å². The fraction of sp³-hybridized carbons (Fsp3) is 0.500. The zero-order valence-corrected chi connectivity index (χ0v) is 10.2. The number of fused-ring (bicyclic) bond motifs is 1. The van der Waals surface area contributed by atoms with Gasteiger partial charge in [0.25, 0.3) is 0 Å². The number of hydrogen-bond acceptors (Lipinski definition) is 6. The molecule has 2 aromatic heterocycles. The number of imidazole rings is 1. The van der Waals surface area contributed by atoms with Gasteiger partial charge in [-0.25, -0.2) is 9.97 Å². The first-order valence-corrected chi connectivity index (χ1v) is 5.18. The summed E-state index contributed by atoms with van der Waals surface area (Å²) in [5.41, 5.74) is 2.70. The maximum atomic E-state index is 9.28. The van der Waals surface area contributed by atoms with Crippen molar-refractivity contribution < 1.29 is 10.2 Å². The average molecular weight is 237 g/mol. The van der Waals surface area contributed by atoms with Crippen LogP contribution < -0.4 is 5.32 Å². The summed E-state index contributed by atoms with van der Waals surface area (Å²) in [6.07, 6.45) is 0. The van der Waals surface area contributed by atoms with Gasteiger partial charge >= 0.3 is 0 Å². The van der Waals surface area contributed by atoms with E-state index in [0.29, 0.717) is 17.2 Å². The lowest BCUT2D eigenvalue weighted by atomic mass is 10.3. The van der Waals surface area contributed by atoms with Crippen molar-refractivity contribution in [2.24, 2.45) is 7.05 Å². The van der Waals surface area contributed by atoms with Crippen LogP contribution in [0.1, 0.15) is 18.3 Å². The highest BCUT2D eigenvalue weighted by molar-refractivity contribution is 5.70. The zero-order valence-electron chi connectivity index (χ0n) is 10.2. The Hall–Kier alpha value is -1.73. The minimum absolute atomic E-state index is 0.303. The Morgan fingerprint density at radius 1 is 1.12 bits per heavy atom. The summed E-state index contributed by atoms with van der Waals surface area (Å²) in [6.45, 7) is 4.93. The first-order chi connectivity index (χ1) is 7.78. The van der Waals surface area contributed by atoms with Crippen molar-refractivity contribution in [2.45, 2.75) is 26.7 Å². The van der Waals surface area contributed by atoms with E-state index >= 15 is 0 Å². The fourth-order valence-electron chi connectivity index (χ4n) is 1.48. The van der Waals surface area contributed by atoms with Crippen molar-refractivity contribution in [3.8, 4) is 0 Å². The van der Waals surface area contributed by atoms with Crippen molar-refractivity contribution in [3.63, 3.8) is 0 Å². The van der Waals surface area contributed by atoms with Gasteiger partial charge in [0.2, 0.25) is 11.9 Å². The molecule has 2 aromatic rings. The van der Waals surface area contributed by atoms with Crippen LogP contribution in [0.2, 0.25) is 0 Å². The molecule has 0 saturated carbocycles. The minimum atomic E-state index is -2.03. The summed E-state index contributed by atoms with van der Waals surface area (Å²) >= 11 is 0. The van der Waals surface area contributed by atoms with Crippen molar-refractivity contribution >= 4 is 17.2 Å². The predicted molar refractivity (Wildman–Crippen MR) is 62.2 cm³/mol. The fourth-order valence-corrected chi connectivity index (χ4v) is 1.48. The molecule has 0 aliphatic rings. The van der Waals surface area contributed by atoms with Gasteiger partial charge in [0.05, 0.1) is 11.4 Å². The van der Waals surface area contributed by atoms with E-state index in [1.165, 1.54) is 6.92 Å². The quantitative estimate of drug-likeness (QED) is 0.639. The van der Waals surface area contributed by atoms with E-state index in [1.54, 1.807) is 11.6 Å². The van der Waals surface area contributed by atoms with Crippen molar-refractivity contribution in [2.75, 3.05) is 5.32 Å². The Bertz CT molecular complexity index is 570. The Morgan fingerprint density at radius 2 is 1.71 bits per heavy atom. The molecule has 2 rings (SSSR count). The van der Waals surface area contributed by atoms with Crippen LogP contribution in [-0.2, 0) is 7.05 Å². The van der Waals surface area contributed by atoms with E-state index in [1.807, 2.05) is 13.8 Å². The maximum Gasteiger partial charge on any atom is 0.243 e. The van der Waals surface area contributed by atoms with E-state index in [0.717, 1.165) is 11.4 Å². The van der Waals surface area contributed by atoms with Crippen LogP contribution in [0, 0.1) is 13.8 Å². The Kier molecular flexibility index (Phi) is 2.52. The first-order valence-electron chi connectivity index (χ1n) is 5.18. The molecule has 0 radical (unpaired) electrons. The van der Waals surface area contributed by atoms with Crippen LogP contribution in [0.5, 0.6) is 0 Å². The number of nitrogens with zero attached hydrogens (tertiary/aromatic N) is 4. The molecule has 17 heavy (non-hydrogen) atoms. The second-order valence-electron chi connectivity index (χ2n) is 4.18. The maximum absolute atomic E-state index is 9.28. The van der Waals surface area contributed by atoms with Crippen LogP contribution in [-0.4, -0.2) is 35.6 Å². The van der Waals surface area contributed by atoms with Gasteiger partial charge in [0, 0.05) is 14.0 Å². The SMILES string of the molecule is Cc1nc2nc(NC(C)(O)O)n(C)c2nc1C. The van der Waals surface area contributed by atoms with Gasteiger partial charge in [-0.2, -0.15) is 4.98 Å². The molecule has 0 aromatic carbocycles. The molecule has 7 nitrogen and oxygen atoms in total. The number of nitrogens with one attached hydrogen (secondary N) is 1. The summed E-state index contributed by atoms with van der Waals surface area (Å²) in [5.74, 6) is -1.73. The Morgan fingerprint density at radius 3 is 2.29 bits per heavy atom. The number of anilines is 1. The highest BCUT2D eigenvalue weighted by Gasteiger charge is 2.19. The third-order valence-corrected chi connectivity index (χ3v) is 2.47. The van der Waals surface area contributed by atoms with E-state index in [-0.39, 0.29) is 0 Å². The van der Waals surface area contributed by atoms with Crippen LogP contribution in [0.3, 0.4) is 0 Å². The predicted octanol–water partition coefficient (Wildman–Crippen LogP) is 0.0503. The molecule has 2 heterocycles. The molecule has 0 bridgehead atoms. The van der Waals surface area contributed by atoms with Crippen molar-refractivity contribution in [1.82, 2.24) is 19.5 Å². The molecule has 0 unspecified atom stereocenters. The van der Waals surface area contributed by atoms with Crippen LogP contribution in [0.15, 0.2) is 0 Å². The summed E-state index contributed by atoms with van der Waals surface area (Å²) < 4.78 is 1.62. The number of aliphatic hydroxyl groups is 2. The van der Waals surface area contributed by atoms with E-state index in [4.69, 9.17) is 0 Å². The number of rotatable bonds is 2. The monoisotopic (exact) mass is 237 g/mol. The van der Waals surface area contributed by atoms with Crippen LogP contribution >= 0.6 is 0 Å². The summed E-state index contributed by atoms with van der Waals surface area (Å²) in [5, 5.41) is 21.0. The van der Waals surface area contributed by atoms with E-state index < -0.39 is 5.91 Å². The lowest BCUT2D eigenvalue weighted by Crippen LogP contribution is -2.34. The smallest absolute Gasteiger partial charge is 0.243 e. The topological polar surface area (TPSA) is 96.1 Å². The zero-order chi connectivity index (χ0) is 12.8. The molecule has 0 aliphatic carbocycles. The summed E-state index contributed by atoms with van der Waals surface area (Å²) in [7, 11) is 1.73. The molecule has 0 spiro atoms. The van der Waals surface area contributed by atoms with E-state index in [2.05, 4.69) is 20.3 Å². The largest absolute Gasteiger partial charge is 0.349 e. The molecule has 7 heteroatoms. The van der Waals surface area contributed by atoms with Crippen molar-refractivity contribution in [3.05, 3.63) is 11.4 Å². The van der Waals surface area contributed by atoms with Crippen LogP contribution in [0.4, 0.5) is 5.95 Å². The Balaban J connectivity index is 2.57. The van der Waals surface area contributed by atoms with Gasteiger partial charge in [0.15, 0.2) is 11.3 Å². The lowest BCUT2D eigenvalue weighted by Gasteiger charge is -2.17. The van der Waals surface area contributed by atoms with E-state index in [9.17, 15) is 10.2 Å². The molecule has 0 atom stereocenters. The standard InChI is InChI=1S/C10H15N5O2/c1-5-6(2)12-8-7(11-5)13-9(15(8)4)14-10(3,16)17/h16-17H,1-4H3,(H,11,13,14). The molecule has 0 aliphatic heterocycles. The van der Waals surface area contributed by atoms with Gasteiger partial charge in [-0.3, -0.25) is 4.57 Å². The van der Waals surface area contributed by atoms with Crippen LogP contribution in [0.25, 0.3) is 11.3 Å². The average Bonchev–Trinajstić information content (AvgIpc) is 2.43. The number of aromatic nitrogens is 4. The molecule has 3 N–H and O–H groups in total. The normalized spacial score (nSPS) is 12.1. The molecule has 92 valence electrons. The van der Waals surface area contributed by atoms with Gasteiger partial charge in [-0.15, -0.1) is 0 Å². The van der Waals surface area contributed by atoms with Gasteiger partial charge in [-0.05, 0) is 13.8 Å². The summed E-state index contributed by atoms with van der Waals surface area (Å²) in [4.78, 5) is 12.8. The first kappa shape index (κ1) is 11.7. The molecule has 0 saturated heterocycles. The number of hydrogen-bond donors (Lipinski definition) is 3. The van der Waals surface area contributed by atoms with Crippen molar-refractivity contribution in [1.29, 1.82) is 0 Å². The second kappa shape index (κ2) is 3.64.